The van der Waals surface area contributed by atoms with E-state index in [1.54, 1.807) is 0 Å². The first-order valence-electron chi connectivity index (χ1n) is 19.0. The van der Waals surface area contributed by atoms with Crippen molar-refractivity contribution in [2.24, 2.45) is 0 Å². The molecule has 0 bridgehead atoms. The lowest BCUT2D eigenvalue weighted by Gasteiger charge is -2.30. The SMILES string of the molecule is CC1(C)c2ccccc2-c2cc3c(cc21)c1c(n3-c2cccc(N(c3ccccc3)c3ccccc3)c2)CCC(N(c2ccccc2)c2ccccc2)=C1. The van der Waals surface area contributed by atoms with Gasteiger partial charge in [0.15, 0.2) is 0 Å². The van der Waals surface area contributed by atoms with Gasteiger partial charge in [-0.2, -0.15) is 0 Å². The first-order valence-corrected chi connectivity index (χ1v) is 19.0. The van der Waals surface area contributed by atoms with Gasteiger partial charge < -0.3 is 14.4 Å². The Morgan fingerprint density at radius 3 is 1.61 bits per heavy atom. The number of para-hydroxylation sites is 4. The van der Waals surface area contributed by atoms with Gasteiger partial charge in [0.25, 0.3) is 0 Å². The Hall–Kier alpha value is -6.58. The number of hydrogen-bond donors (Lipinski definition) is 0. The van der Waals surface area contributed by atoms with Gasteiger partial charge in [-0.3, -0.25) is 0 Å². The molecule has 2 aliphatic rings. The molecule has 0 aliphatic heterocycles. The third-order valence-corrected chi connectivity index (χ3v) is 11.4. The van der Waals surface area contributed by atoms with Crippen molar-refractivity contribution in [1.82, 2.24) is 4.57 Å². The van der Waals surface area contributed by atoms with Crippen LogP contribution < -0.4 is 9.80 Å². The van der Waals surface area contributed by atoms with Crippen molar-refractivity contribution in [2.75, 3.05) is 9.80 Å². The number of anilines is 5. The van der Waals surface area contributed by atoms with Crippen molar-refractivity contribution >= 4 is 45.4 Å². The molecular formula is C51H41N3. The summed E-state index contributed by atoms with van der Waals surface area (Å²) >= 11 is 0. The van der Waals surface area contributed by atoms with Gasteiger partial charge in [-0.1, -0.05) is 117 Å². The molecule has 2 aliphatic carbocycles. The minimum Gasteiger partial charge on any atom is -0.314 e. The zero-order valence-corrected chi connectivity index (χ0v) is 30.7. The quantitative estimate of drug-likeness (QED) is 0.164. The highest BCUT2D eigenvalue weighted by Gasteiger charge is 2.37. The van der Waals surface area contributed by atoms with Gasteiger partial charge in [0.1, 0.15) is 0 Å². The maximum Gasteiger partial charge on any atom is 0.0544 e. The van der Waals surface area contributed by atoms with Crippen LogP contribution in [0.5, 0.6) is 0 Å². The van der Waals surface area contributed by atoms with Crippen molar-refractivity contribution < 1.29 is 0 Å². The number of aromatic nitrogens is 1. The molecule has 3 heteroatoms. The second-order valence-corrected chi connectivity index (χ2v) is 14.9. The molecule has 0 amide bonds. The zero-order valence-electron chi connectivity index (χ0n) is 30.7. The van der Waals surface area contributed by atoms with E-state index < -0.39 is 0 Å². The van der Waals surface area contributed by atoms with Crippen molar-refractivity contribution in [3.63, 3.8) is 0 Å². The largest absolute Gasteiger partial charge is 0.314 e. The Labute approximate surface area is 317 Å². The Kier molecular flexibility index (Phi) is 7.62. The summed E-state index contributed by atoms with van der Waals surface area (Å²) in [5.41, 5.74) is 17.5. The summed E-state index contributed by atoms with van der Waals surface area (Å²) in [6, 6.07) is 66.0. The molecular weight excluding hydrogens is 655 g/mol. The molecule has 0 spiro atoms. The fourth-order valence-corrected chi connectivity index (χ4v) is 8.93. The summed E-state index contributed by atoms with van der Waals surface area (Å²) in [5.74, 6) is 0. The molecule has 10 rings (SSSR count). The van der Waals surface area contributed by atoms with Gasteiger partial charge in [-0.25, -0.2) is 0 Å². The minimum atomic E-state index is -0.0950. The normalized spacial score (nSPS) is 13.9. The van der Waals surface area contributed by atoms with Crippen LogP contribution in [-0.2, 0) is 11.8 Å². The van der Waals surface area contributed by atoms with Crippen LogP contribution in [0, 0.1) is 0 Å². The summed E-state index contributed by atoms with van der Waals surface area (Å²) in [6.45, 7) is 4.76. The number of nitrogens with zero attached hydrogens (tertiary/aromatic N) is 3. The molecule has 1 aromatic heterocycles. The van der Waals surface area contributed by atoms with E-state index in [1.165, 1.54) is 67.2 Å². The lowest BCUT2D eigenvalue weighted by molar-refractivity contribution is 0.661. The van der Waals surface area contributed by atoms with Crippen molar-refractivity contribution in [3.05, 3.63) is 210 Å². The smallest absolute Gasteiger partial charge is 0.0544 e. The summed E-state index contributed by atoms with van der Waals surface area (Å²) in [4.78, 5) is 4.80. The molecule has 0 atom stereocenters. The molecule has 1 heterocycles. The zero-order chi connectivity index (χ0) is 36.2. The highest BCUT2D eigenvalue weighted by atomic mass is 15.2. The molecule has 8 aromatic rings. The molecule has 3 nitrogen and oxygen atoms in total. The van der Waals surface area contributed by atoms with Crippen LogP contribution in [0.4, 0.5) is 28.4 Å². The van der Waals surface area contributed by atoms with Crippen LogP contribution in [0.15, 0.2) is 188 Å². The number of rotatable bonds is 7. The highest BCUT2D eigenvalue weighted by Crippen LogP contribution is 2.52. The van der Waals surface area contributed by atoms with Crippen LogP contribution in [-0.4, -0.2) is 4.57 Å². The van der Waals surface area contributed by atoms with E-state index in [2.05, 4.69) is 216 Å². The van der Waals surface area contributed by atoms with Crippen LogP contribution in [0.3, 0.4) is 0 Å². The monoisotopic (exact) mass is 695 g/mol. The van der Waals surface area contributed by atoms with Gasteiger partial charge in [-0.15, -0.1) is 0 Å². The van der Waals surface area contributed by atoms with Crippen LogP contribution in [0.1, 0.15) is 42.7 Å². The average Bonchev–Trinajstić information content (AvgIpc) is 3.66. The third-order valence-electron chi connectivity index (χ3n) is 11.4. The fourth-order valence-electron chi connectivity index (χ4n) is 8.93. The molecule has 7 aromatic carbocycles. The second-order valence-electron chi connectivity index (χ2n) is 14.9. The predicted octanol–water partition coefficient (Wildman–Crippen LogP) is 13.5. The molecule has 0 saturated carbocycles. The molecule has 54 heavy (non-hydrogen) atoms. The van der Waals surface area contributed by atoms with E-state index in [0.717, 1.165) is 29.9 Å². The number of fused-ring (bicyclic) bond motifs is 6. The number of benzene rings is 7. The van der Waals surface area contributed by atoms with E-state index in [1.807, 2.05) is 0 Å². The van der Waals surface area contributed by atoms with E-state index in [9.17, 15) is 0 Å². The van der Waals surface area contributed by atoms with Gasteiger partial charge >= 0.3 is 0 Å². The maximum absolute atomic E-state index is 2.55. The van der Waals surface area contributed by atoms with Crippen LogP contribution >= 0.6 is 0 Å². The topological polar surface area (TPSA) is 11.4 Å². The summed E-state index contributed by atoms with van der Waals surface area (Å²) in [7, 11) is 0. The van der Waals surface area contributed by atoms with E-state index >= 15 is 0 Å². The predicted molar refractivity (Wildman–Crippen MR) is 227 cm³/mol. The third kappa shape index (κ3) is 5.19. The second kappa shape index (κ2) is 12.8. The van der Waals surface area contributed by atoms with Crippen LogP contribution in [0.2, 0.25) is 0 Å². The Bertz CT molecular complexity index is 2590. The Morgan fingerprint density at radius 1 is 0.463 bits per heavy atom. The maximum atomic E-state index is 2.55. The lowest BCUT2D eigenvalue weighted by Crippen LogP contribution is -2.19. The van der Waals surface area contributed by atoms with Gasteiger partial charge in [0.2, 0.25) is 0 Å². The van der Waals surface area contributed by atoms with Crippen LogP contribution in [0.25, 0.3) is 33.8 Å². The highest BCUT2D eigenvalue weighted by molar-refractivity contribution is 6.00. The lowest BCUT2D eigenvalue weighted by atomic mass is 9.82. The van der Waals surface area contributed by atoms with Gasteiger partial charge in [0.05, 0.1) is 5.52 Å². The molecule has 0 N–H and O–H groups in total. The Balaban J connectivity index is 1.21. The molecule has 0 fully saturated rings. The van der Waals surface area contributed by atoms with E-state index in [4.69, 9.17) is 0 Å². The van der Waals surface area contributed by atoms with E-state index in [0.29, 0.717) is 0 Å². The summed E-state index contributed by atoms with van der Waals surface area (Å²) < 4.78 is 2.55. The van der Waals surface area contributed by atoms with Crippen molar-refractivity contribution in [3.8, 4) is 16.8 Å². The summed E-state index contributed by atoms with van der Waals surface area (Å²) in [5, 5.41) is 1.30. The fraction of sp³-hybridized carbons (Fsp3) is 0.0980. The average molecular weight is 696 g/mol. The minimum absolute atomic E-state index is 0.0950. The first kappa shape index (κ1) is 32.1. The number of allylic oxidation sites excluding steroid dienone is 1. The van der Waals surface area contributed by atoms with Gasteiger partial charge in [-0.05, 0) is 120 Å². The molecule has 0 unspecified atom stereocenters. The Morgan fingerprint density at radius 2 is 1.00 bits per heavy atom. The standard InChI is InChI=1S/C51H41N3/c1-51(2)47-29-16-15-28-43(47)44-35-50-46(34-48(44)51)45-33-42(53(38-22-11-5-12-23-38)39-24-13-6-14-25-39)30-31-49(45)54(50)41-27-17-26-40(32-41)52(36-18-7-3-8-19-36)37-20-9-4-10-21-37/h3-29,32-35H,30-31H2,1-2H3. The van der Waals surface area contributed by atoms with Crippen molar-refractivity contribution in [1.29, 1.82) is 0 Å². The number of hydrogen-bond acceptors (Lipinski definition) is 2. The molecule has 0 saturated heterocycles. The van der Waals surface area contributed by atoms with E-state index in [-0.39, 0.29) is 5.41 Å². The molecule has 0 radical (unpaired) electrons. The first-order chi connectivity index (χ1) is 26.6. The van der Waals surface area contributed by atoms with Gasteiger partial charge in [0, 0.05) is 61.9 Å². The van der Waals surface area contributed by atoms with Crippen molar-refractivity contribution in [2.45, 2.75) is 32.1 Å². The summed E-state index contributed by atoms with van der Waals surface area (Å²) in [6.07, 6.45) is 4.31. The molecule has 260 valence electrons.